The van der Waals surface area contributed by atoms with Crippen molar-refractivity contribution in [2.75, 3.05) is 0 Å². The third-order valence-electron chi connectivity index (χ3n) is 1.89. The van der Waals surface area contributed by atoms with Crippen LogP contribution in [-0.2, 0) is 0 Å². The minimum atomic E-state index is 0.387. The van der Waals surface area contributed by atoms with E-state index in [-0.39, 0.29) is 0 Å². The van der Waals surface area contributed by atoms with Crippen molar-refractivity contribution in [3.8, 4) is 0 Å². The molecule has 1 rings (SSSR count). The van der Waals surface area contributed by atoms with Crippen molar-refractivity contribution in [1.82, 2.24) is 4.98 Å². The Balaban J connectivity index is 2.52. The molecular weight excluding hydrogens is 270 g/mol. The van der Waals surface area contributed by atoms with Gasteiger partial charge in [0.25, 0.3) is 0 Å². The Hall–Kier alpha value is -0.410. The van der Waals surface area contributed by atoms with Gasteiger partial charge in [-0.15, -0.1) is 11.3 Å². The van der Waals surface area contributed by atoms with Crippen LogP contribution < -0.4 is 0 Å². The lowest BCUT2D eigenvalue weighted by molar-refractivity contribution is 0.831. The van der Waals surface area contributed by atoms with Crippen LogP contribution >= 0.6 is 27.3 Å². The largest absolute Gasteiger partial charge is 0.234 e. The van der Waals surface area contributed by atoms with Gasteiger partial charge in [0.15, 0.2) is 0 Å². The lowest BCUT2D eigenvalue weighted by atomic mass is 10.1. The van der Waals surface area contributed by atoms with E-state index in [0.29, 0.717) is 11.8 Å². The van der Waals surface area contributed by atoms with E-state index in [2.05, 4.69) is 66.0 Å². The van der Waals surface area contributed by atoms with Gasteiger partial charge in [-0.25, -0.2) is 4.98 Å². The minimum absolute atomic E-state index is 0.387. The first kappa shape index (κ1) is 12.7. The van der Waals surface area contributed by atoms with Crippen LogP contribution in [0.5, 0.6) is 0 Å². The van der Waals surface area contributed by atoms with Crippen LogP contribution in [0.2, 0.25) is 0 Å². The van der Waals surface area contributed by atoms with Gasteiger partial charge < -0.3 is 0 Å². The molecule has 0 amide bonds. The number of nitrogens with zero attached hydrogens (tertiary/aromatic N) is 1. The summed E-state index contributed by atoms with van der Waals surface area (Å²) in [5.41, 5.74) is 0. The second-order valence-corrected chi connectivity index (χ2v) is 5.51. The summed E-state index contributed by atoms with van der Waals surface area (Å²) in [5, 5.41) is 3.17. The van der Waals surface area contributed by atoms with Crippen molar-refractivity contribution >= 4 is 27.3 Å². The first-order valence-corrected chi connectivity index (χ1v) is 6.72. The van der Waals surface area contributed by atoms with Crippen LogP contribution in [0.4, 0.5) is 0 Å². The molecule has 0 spiro atoms. The zero-order chi connectivity index (χ0) is 11.3. The van der Waals surface area contributed by atoms with E-state index < -0.39 is 0 Å². The number of aromatic nitrogens is 1. The monoisotopic (exact) mass is 285 g/mol. The Morgan fingerprint density at radius 2 is 1.93 bits per heavy atom. The Labute approximate surface area is 104 Å². The van der Waals surface area contributed by atoms with E-state index in [9.17, 15) is 0 Å². The molecule has 1 aromatic heterocycles. The Morgan fingerprint density at radius 3 is 2.47 bits per heavy atom. The average Bonchev–Trinajstić information content (AvgIpc) is 2.59. The molecule has 0 aliphatic carbocycles. The highest BCUT2D eigenvalue weighted by Crippen LogP contribution is 2.23. The van der Waals surface area contributed by atoms with Gasteiger partial charge in [-0.1, -0.05) is 45.1 Å². The van der Waals surface area contributed by atoms with Gasteiger partial charge in [0.1, 0.15) is 9.61 Å². The molecule has 1 aromatic rings. The Bertz CT molecular complexity index is 352. The van der Waals surface area contributed by atoms with E-state index in [1.165, 1.54) is 0 Å². The second kappa shape index (κ2) is 6.23. The van der Waals surface area contributed by atoms with Crippen LogP contribution in [0, 0.1) is 5.92 Å². The fraction of sp³-hybridized carbons (Fsp3) is 0.417. The minimum Gasteiger partial charge on any atom is -0.234 e. The smallest absolute Gasteiger partial charge is 0.117 e. The standard InChI is InChI=1S/C12H16BrNS/c1-9(2)6-4-5-7-10(3)12-14-11(13)8-15-12/h4-10H,1-3H3/b6-4+,7-5+/t10-/m0/s1. The second-order valence-electron chi connectivity index (χ2n) is 3.81. The van der Waals surface area contributed by atoms with Gasteiger partial charge >= 0.3 is 0 Å². The van der Waals surface area contributed by atoms with E-state index in [1.807, 2.05) is 5.38 Å². The van der Waals surface area contributed by atoms with E-state index >= 15 is 0 Å². The molecule has 0 aromatic carbocycles. The maximum Gasteiger partial charge on any atom is 0.117 e. The molecule has 0 N–H and O–H groups in total. The van der Waals surface area contributed by atoms with E-state index in [4.69, 9.17) is 0 Å². The van der Waals surface area contributed by atoms with Crippen LogP contribution in [0.3, 0.4) is 0 Å². The van der Waals surface area contributed by atoms with Crippen molar-refractivity contribution in [3.05, 3.63) is 39.3 Å². The summed E-state index contributed by atoms with van der Waals surface area (Å²) in [6.45, 7) is 6.50. The number of hydrogen-bond donors (Lipinski definition) is 0. The molecular formula is C12H16BrNS. The fourth-order valence-electron chi connectivity index (χ4n) is 1.08. The number of thiazole rings is 1. The Kier molecular flexibility index (Phi) is 5.26. The maximum absolute atomic E-state index is 4.38. The fourth-order valence-corrected chi connectivity index (χ4v) is 2.38. The number of rotatable bonds is 4. The van der Waals surface area contributed by atoms with Crippen LogP contribution in [0.25, 0.3) is 0 Å². The van der Waals surface area contributed by atoms with Gasteiger partial charge in [-0.05, 0) is 21.8 Å². The molecule has 0 saturated carbocycles. The maximum atomic E-state index is 4.38. The molecule has 3 heteroatoms. The van der Waals surface area contributed by atoms with Crippen LogP contribution in [0.15, 0.2) is 34.3 Å². The molecule has 15 heavy (non-hydrogen) atoms. The molecule has 0 radical (unpaired) electrons. The molecule has 0 unspecified atom stereocenters. The van der Waals surface area contributed by atoms with Gasteiger partial charge in [0.05, 0.1) is 0 Å². The highest BCUT2D eigenvalue weighted by Gasteiger charge is 2.05. The summed E-state index contributed by atoms with van der Waals surface area (Å²) < 4.78 is 0.931. The predicted octanol–water partition coefficient (Wildman–Crippen LogP) is 4.78. The summed E-state index contributed by atoms with van der Waals surface area (Å²) in [6, 6.07) is 0. The molecule has 0 aliphatic heterocycles. The van der Waals surface area contributed by atoms with Crippen molar-refractivity contribution in [2.45, 2.75) is 26.7 Å². The first-order chi connectivity index (χ1) is 7.09. The Morgan fingerprint density at radius 1 is 1.27 bits per heavy atom. The summed E-state index contributed by atoms with van der Waals surface area (Å²) in [6.07, 6.45) is 8.55. The number of allylic oxidation sites excluding steroid dienone is 4. The highest BCUT2D eigenvalue weighted by molar-refractivity contribution is 9.10. The quantitative estimate of drug-likeness (QED) is 0.726. The molecule has 0 saturated heterocycles. The summed E-state index contributed by atoms with van der Waals surface area (Å²) in [5.74, 6) is 0.997. The topological polar surface area (TPSA) is 12.9 Å². The van der Waals surface area contributed by atoms with Gasteiger partial charge in [0, 0.05) is 11.3 Å². The highest BCUT2D eigenvalue weighted by atomic mass is 79.9. The van der Waals surface area contributed by atoms with E-state index in [1.54, 1.807) is 11.3 Å². The third-order valence-corrected chi connectivity index (χ3v) is 3.65. The summed E-state index contributed by atoms with van der Waals surface area (Å²) in [7, 11) is 0. The average molecular weight is 286 g/mol. The van der Waals surface area contributed by atoms with Crippen molar-refractivity contribution in [3.63, 3.8) is 0 Å². The van der Waals surface area contributed by atoms with E-state index in [0.717, 1.165) is 9.61 Å². The lowest BCUT2D eigenvalue weighted by Crippen LogP contribution is -1.86. The van der Waals surface area contributed by atoms with Crippen LogP contribution in [-0.4, -0.2) is 4.98 Å². The van der Waals surface area contributed by atoms with Gasteiger partial charge in [-0.3, -0.25) is 0 Å². The third kappa shape index (κ3) is 4.76. The molecule has 1 nitrogen and oxygen atoms in total. The molecule has 0 aliphatic rings. The zero-order valence-corrected chi connectivity index (χ0v) is 11.7. The number of hydrogen-bond acceptors (Lipinski definition) is 2. The van der Waals surface area contributed by atoms with Crippen LogP contribution in [0.1, 0.15) is 31.7 Å². The van der Waals surface area contributed by atoms with Crippen molar-refractivity contribution in [2.24, 2.45) is 5.92 Å². The van der Waals surface area contributed by atoms with Crippen molar-refractivity contribution < 1.29 is 0 Å². The normalized spacial score (nSPS) is 14.5. The van der Waals surface area contributed by atoms with Gasteiger partial charge in [0.2, 0.25) is 0 Å². The lowest BCUT2D eigenvalue weighted by Gasteiger charge is -1.99. The molecule has 0 bridgehead atoms. The first-order valence-electron chi connectivity index (χ1n) is 5.05. The van der Waals surface area contributed by atoms with Crippen molar-refractivity contribution in [1.29, 1.82) is 0 Å². The molecule has 82 valence electrons. The summed E-state index contributed by atoms with van der Waals surface area (Å²) >= 11 is 5.05. The van der Waals surface area contributed by atoms with Gasteiger partial charge in [-0.2, -0.15) is 0 Å². The summed E-state index contributed by atoms with van der Waals surface area (Å²) in [4.78, 5) is 4.38. The molecule has 0 fully saturated rings. The zero-order valence-electron chi connectivity index (χ0n) is 9.27. The molecule has 1 heterocycles. The number of halogens is 1. The molecule has 1 atom stereocenters. The SMILES string of the molecule is CC(C)/C=C/C=C/[C@H](C)c1nc(Br)cs1. The predicted molar refractivity (Wildman–Crippen MR) is 71.3 cm³/mol.